The maximum Gasteiger partial charge on any atom is 0.271 e. The Labute approximate surface area is 163 Å². The van der Waals surface area contributed by atoms with Crippen molar-refractivity contribution in [3.05, 3.63) is 107 Å². The van der Waals surface area contributed by atoms with Gasteiger partial charge in [-0.05, 0) is 41.5 Å². The average molecular weight is 373 g/mol. The van der Waals surface area contributed by atoms with Gasteiger partial charge in [0.2, 0.25) is 0 Å². The minimum absolute atomic E-state index is 0.287. The van der Waals surface area contributed by atoms with Crippen LogP contribution in [0.4, 0.5) is 5.69 Å². The van der Waals surface area contributed by atoms with E-state index in [2.05, 4.69) is 11.1 Å². The molecule has 0 aromatic heterocycles. The van der Waals surface area contributed by atoms with Crippen LogP contribution in [0.2, 0.25) is 5.02 Å². The maximum atomic E-state index is 12.5. The monoisotopic (exact) mass is 372 g/mol. The van der Waals surface area contributed by atoms with Crippen molar-refractivity contribution in [3.63, 3.8) is 0 Å². The molecule has 132 valence electrons. The van der Waals surface area contributed by atoms with Crippen LogP contribution in [0.25, 0.3) is 6.08 Å². The molecular weight excluding hydrogens is 356 g/mol. The molecule has 3 aromatic rings. The summed E-state index contributed by atoms with van der Waals surface area (Å²) in [6.45, 7) is 0.673. The van der Waals surface area contributed by atoms with Gasteiger partial charge in [-0.15, -0.1) is 0 Å². The second-order valence-corrected chi connectivity index (χ2v) is 6.67. The molecule has 0 aliphatic carbocycles. The highest BCUT2D eigenvalue weighted by atomic mass is 35.5. The number of amides is 1. The Morgan fingerprint density at radius 3 is 2.41 bits per heavy atom. The van der Waals surface area contributed by atoms with E-state index in [4.69, 9.17) is 11.6 Å². The summed E-state index contributed by atoms with van der Waals surface area (Å²) in [5.74, 6) is 0.375. The molecule has 0 saturated heterocycles. The molecule has 3 nitrogen and oxygen atoms in total. The first-order valence-corrected chi connectivity index (χ1v) is 9.06. The second kappa shape index (κ2) is 7.60. The fourth-order valence-electron chi connectivity index (χ4n) is 3.10. The van der Waals surface area contributed by atoms with Gasteiger partial charge in [-0.25, -0.2) is 0 Å². The van der Waals surface area contributed by atoms with Crippen molar-refractivity contribution in [2.75, 3.05) is 4.90 Å². The summed E-state index contributed by atoms with van der Waals surface area (Å²) in [6.07, 6.45) is 3.28. The maximum absolute atomic E-state index is 12.5. The number of carbonyl (C=O) groups is 1. The van der Waals surface area contributed by atoms with Crippen molar-refractivity contribution in [1.29, 1.82) is 0 Å². The largest absolute Gasteiger partial charge is 0.321 e. The van der Waals surface area contributed by atoms with Crippen molar-refractivity contribution in [1.82, 2.24) is 0 Å². The van der Waals surface area contributed by atoms with Crippen molar-refractivity contribution in [2.45, 2.75) is 6.54 Å². The number of carbonyl (C=O) groups excluding carboxylic acids is 1. The molecule has 0 fully saturated rings. The van der Waals surface area contributed by atoms with Crippen molar-refractivity contribution in [3.8, 4) is 0 Å². The number of hydrogen-bond donors (Lipinski definition) is 0. The molecule has 1 aliphatic rings. The van der Waals surface area contributed by atoms with Crippen LogP contribution in [0.3, 0.4) is 0 Å². The molecule has 4 heteroatoms. The van der Waals surface area contributed by atoms with Crippen molar-refractivity contribution >= 4 is 35.1 Å². The van der Waals surface area contributed by atoms with E-state index in [1.165, 1.54) is 6.08 Å². The third-order valence-corrected chi connectivity index (χ3v) is 4.67. The lowest BCUT2D eigenvalue weighted by Gasteiger charge is -2.19. The van der Waals surface area contributed by atoms with E-state index in [-0.39, 0.29) is 5.91 Å². The zero-order valence-electron chi connectivity index (χ0n) is 14.5. The fraction of sp³-hybridized carbons (Fsp3) is 0.0435. The summed E-state index contributed by atoms with van der Waals surface area (Å²) in [6, 6.07) is 25.3. The fourth-order valence-corrected chi connectivity index (χ4v) is 3.22. The van der Waals surface area contributed by atoms with E-state index in [1.54, 1.807) is 6.08 Å². The summed E-state index contributed by atoms with van der Waals surface area (Å²) in [7, 11) is 0. The van der Waals surface area contributed by atoms with E-state index < -0.39 is 0 Å². The summed E-state index contributed by atoms with van der Waals surface area (Å²) in [5.41, 5.74) is 4.04. The molecule has 3 aromatic carbocycles. The van der Waals surface area contributed by atoms with Gasteiger partial charge in [0.25, 0.3) is 5.91 Å². The Bertz CT molecular complexity index is 1020. The van der Waals surface area contributed by atoms with Gasteiger partial charge in [-0.1, -0.05) is 66.2 Å². The first-order chi connectivity index (χ1) is 13.2. The van der Waals surface area contributed by atoms with Gasteiger partial charge in [-0.2, -0.15) is 4.99 Å². The van der Waals surface area contributed by atoms with Crippen LogP contribution in [-0.2, 0) is 11.3 Å². The van der Waals surface area contributed by atoms with Crippen molar-refractivity contribution in [2.24, 2.45) is 4.99 Å². The Morgan fingerprint density at radius 1 is 0.926 bits per heavy atom. The number of halogens is 1. The molecule has 0 unspecified atom stereocenters. The lowest BCUT2D eigenvalue weighted by atomic mass is 10.1. The van der Waals surface area contributed by atoms with Crippen LogP contribution < -0.4 is 4.90 Å². The SMILES string of the molecule is O=C(/C=C/c1ccccc1)N=C1c2ccccc2CN1c1ccc(Cl)cc1. The Balaban J connectivity index is 1.67. The van der Waals surface area contributed by atoms with Gasteiger partial charge in [-0.3, -0.25) is 4.79 Å². The highest BCUT2D eigenvalue weighted by Gasteiger charge is 2.26. The predicted octanol–water partition coefficient (Wildman–Crippen LogP) is 5.35. The highest BCUT2D eigenvalue weighted by Crippen LogP contribution is 2.29. The summed E-state index contributed by atoms with van der Waals surface area (Å²) >= 11 is 6.02. The number of nitrogens with zero attached hydrogens (tertiary/aromatic N) is 2. The van der Waals surface area contributed by atoms with E-state index in [9.17, 15) is 4.79 Å². The molecule has 0 spiro atoms. The quantitative estimate of drug-likeness (QED) is 0.581. The molecule has 27 heavy (non-hydrogen) atoms. The van der Waals surface area contributed by atoms with E-state index in [1.807, 2.05) is 77.7 Å². The summed E-state index contributed by atoms with van der Waals surface area (Å²) in [5, 5.41) is 0.677. The molecule has 0 saturated carbocycles. The van der Waals surface area contributed by atoms with Crippen LogP contribution in [0.1, 0.15) is 16.7 Å². The molecule has 0 radical (unpaired) electrons. The van der Waals surface area contributed by atoms with Gasteiger partial charge in [0, 0.05) is 22.3 Å². The van der Waals surface area contributed by atoms with Crippen LogP contribution in [0.5, 0.6) is 0 Å². The first kappa shape index (κ1) is 17.3. The van der Waals surface area contributed by atoms with Crippen LogP contribution >= 0.6 is 11.6 Å². The first-order valence-electron chi connectivity index (χ1n) is 8.68. The number of fused-ring (bicyclic) bond motifs is 1. The van der Waals surface area contributed by atoms with E-state index in [0.29, 0.717) is 17.4 Å². The molecule has 1 aliphatic heterocycles. The van der Waals surface area contributed by atoms with Crippen LogP contribution in [-0.4, -0.2) is 11.7 Å². The van der Waals surface area contributed by atoms with E-state index >= 15 is 0 Å². The van der Waals surface area contributed by atoms with Gasteiger partial charge in [0.1, 0.15) is 5.84 Å². The standard InChI is InChI=1S/C23H17ClN2O/c24-19-11-13-20(14-12-19)26-16-18-8-4-5-9-21(18)23(26)25-22(27)15-10-17-6-2-1-3-7-17/h1-15H,16H2/b15-10+,25-23?. The van der Waals surface area contributed by atoms with Crippen molar-refractivity contribution < 1.29 is 4.79 Å². The minimum atomic E-state index is -0.287. The number of hydrogen-bond acceptors (Lipinski definition) is 1. The molecule has 0 bridgehead atoms. The molecule has 0 atom stereocenters. The zero-order valence-corrected chi connectivity index (χ0v) is 15.3. The second-order valence-electron chi connectivity index (χ2n) is 6.24. The summed E-state index contributed by atoms with van der Waals surface area (Å²) in [4.78, 5) is 18.9. The Hall–Kier alpha value is -3.17. The lowest BCUT2D eigenvalue weighted by molar-refractivity contribution is -0.113. The zero-order chi connectivity index (χ0) is 18.6. The third kappa shape index (κ3) is 3.83. The normalized spacial score (nSPS) is 14.7. The molecule has 0 N–H and O–H groups in total. The number of benzene rings is 3. The molecular formula is C23H17ClN2O. The number of aliphatic imine (C=N–C) groups is 1. The average Bonchev–Trinajstić information content (AvgIpc) is 3.06. The number of anilines is 1. The Morgan fingerprint density at radius 2 is 1.63 bits per heavy atom. The van der Waals surface area contributed by atoms with Gasteiger partial charge >= 0.3 is 0 Å². The summed E-state index contributed by atoms with van der Waals surface area (Å²) < 4.78 is 0. The third-order valence-electron chi connectivity index (χ3n) is 4.41. The predicted molar refractivity (Wildman–Crippen MR) is 111 cm³/mol. The molecule has 1 amide bonds. The highest BCUT2D eigenvalue weighted by molar-refractivity contribution is 6.30. The van der Waals surface area contributed by atoms with Gasteiger partial charge < -0.3 is 4.90 Å². The molecule has 4 rings (SSSR count). The van der Waals surface area contributed by atoms with Crippen LogP contribution in [0.15, 0.2) is 89.9 Å². The number of amidine groups is 1. The van der Waals surface area contributed by atoms with Crippen LogP contribution in [0, 0.1) is 0 Å². The Kier molecular flexibility index (Phi) is 4.86. The van der Waals surface area contributed by atoms with Gasteiger partial charge in [0.05, 0.1) is 6.54 Å². The minimum Gasteiger partial charge on any atom is -0.321 e. The van der Waals surface area contributed by atoms with E-state index in [0.717, 1.165) is 22.4 Å². The molecule has 1 heterocycles. The number of rotatable bonds is 3. The van der Waals surface area contributed by atoms with Gasteiger partial charge in [0.15, 0.2) is 0 Å². The topological polar surface area (TPSA) is 32.7 Å². The lowest BCUT2D eigenvalue weighted by Crippen LogP contribution is -2.25. The smallest absolute Gasteiger partial charge is 0.271 e.